The van der Waals surface area contributed by atoms with Gasteiger partial charge in [-0.2, -0.15) is 5.26 Å². The second kappa shape index (κ2) is 6.46. The average Bonchev–Trinajstić information content (AvgIpc) is 2.47. The highest BCUT2D eigenvalue weighted by Gasteiger charge is 2.14. The number of para-hydroxylation sites is 2. The summed E-state index contributed by atoms with van der Waals surface area (Å²) in [6.07, 6.45) is 1.84. The quantitative estimate of drug-likeness (QED) is 0.530. The molecule has 0 saturated carbocycles. The van der Waals surface area contributed by atoms with E-state index in [2.05, 4.69) is 15.3 Å². The lowest BCUT2D eigenvalue weighted by Crippen LogP contribution is -2.02. The molecule has 2 rings (SSSR count). The number of nitrogens with one attached hydrogen (secondary N) is 1. The summed E-state index contributed by atoms with van der Waals surface area (Å²) in [6, 6.07) is 9.36. The molecule has 0 atom stereocenters. The van der Waals surface area contributed by atoms with E-state index in [0.29, 0.717) is 22.4 Å². The second-order valence-electron chi connectivity index (χ2n) is 3.66. The molecule has 0 radical (unpaired) electrons. The van der Waals surface area contributed by atoms with Crippen molar-refractivity contribution in [1.29, 1.82) is 5.26 Å². The first-order valence-electron chi connectivity index (χ1n) is 5.61. The van der Waals surface area contributed by atoms with E-state index in [1.807, 2.05) is 36.6 Å². The first-order valence-corrected chi connectivity index (χ1v) is 7.21. The van der Waals surface area contributed by atoms with Gasteiger partial charge in [-0.3, -0.25) is 0 Å². The minimum absolute atomic E-state index is 0.129. The monoisotopic (exact) mass is 306 g/mol. The van der Waals surface area contributed by atoms with Crippen LogP contribution in [0.15, 0.2) is 29.4 Å². The van der Waals surface area contributed by atoms with Gasteiger partial charge in [0.2, 0.25) is 0 Å². The zero-order chi connectivity index (χ0) is 14.5. The molecule has 1 aromatic heterocycles. The zero-order valence-electron chi connectivity index (χ0n) is 10.8. The maximum Gasteiger partial charge on any atom is 0.190 e. The fourth-order valence-corrected chi connectivity index (χ4v) is 2.20. The van der Waals surface area contributed by atoms with Crippen molar-refractivity contribution < 1.29 is 4.74 Å². The number of hydrogen-bond acceptors (Lipinski definition) is 6. The summed E-state index contributed by atoms with van der Waals surface area (Å²) in [5.41, 5.74) is 0.906. The number of thioether (sulfide) groups is 1. The lowest BCUT2D eigenvalue weighted by Gasteiger charge is -2.12. The van der Waals surface area contributed by atoms with Crippen molar-refractivity contribution in [2.45, 2.75) is 5.16 Å². The highest BCUT2D eigenvalue weighted by Crippen LogP contribution is 2.30. The molecule has 0 spiro atoms. The summed E-state index contributed by atoms with van der Waals surface area (Å²) in [5.74, 6) is 1.01. The van der Waals surface area contributed by atoms with Crippen molar-refractivity contribution in [3.63, 3.8) is 0 Å². The van der Waals surface area contributed by atoms with Crippen LogP contribution in [0.3, 0.4) is 0 Å². The molecule has 1 aromatic carbocycles. The van der Waals surface area contributed by atoms with Crippen LogP contribution in [0.2, 0.25) is 5.15 Å². The van der Waals surface area contributed by atoms with Gasteiger partial charge in [0.1, 0.15) is 17.4 Å². The van der Waals surface area contributed by atoms with Crippen LogP contribution in [0.25, 0.3) is 0 Å². The van der Waals surface area contributed by atoms with Crippen LogP contribution in [-0.2, 0) is 0 Å². The second-order valence-corrected chi connectivity index (χ2v) is 4.79. The van der Waals surface area contributed by atoms with Crippen LogP contribution in [0, 0.1) is 11.3 Å². The number of rotatable bonds is 4. The molecule has 0 fully saturated rings. The van der Waals surface area contributed by atoms with E-state index in [-0.39, 0.29) is 10.7 Å². The maximum absolute atomic E-state index is 9.17. The Labute approximate surface area is 126 Å². The van der Waals surface area contributed by atoms with E-state index < -0.39 is 0 Å². The highest BCUT2D eigenvalue weighted by molar-refractivity contribution is 7.98. The molecular weight excluding hydrogens is 296 g/mol. The molecule has 0 unspecified atom stereocenters. The van der Waals surface area contributed by atoms with Crippen LogP contribution >= 0.6 is 23.4 Å². The molecule has 0 bridgehead atoms. The third-order valence-corrected chi connectivity index (χ3v) is 3.32. The normalized spacial score (nSPS) is 9.90. The van der Waals surface area contributed by atoms with Crippen molar-refractivity contribution in [3.8, 4) is 11.8 Å². The maximum atomic E-state index is 9.17. The molecule has 1 heterocycles. The fraction of sp³-hybridized carbons (Fsp3) is 0.154. The van der Waals surface area contributed by atoms with Gasteiger partial charge in [-0.1, -0.05) is 35.5 Å². The molecule has 102 valence electrons. The van der Waals surface area contributed by atoms with Gasteiger partial charge < -0.3 is 10.1 Å². The number of nitrogens with zero attached hydrogens (tertiary/aromatic N) is 3. The van der Waals surface area contributed by atoms with Gasteiger partial charge >= 0.3 is 0 Å². The summed E-state index contributed by atoms with van der Waals surface area (Å²) in [5, 5.41) is 12.9. The largest absolute Gasteiger partial charge is 0.495 e. The van der Waals surface area contributed by atoms with E-state index in [1.165, 1.54) is 11.8 Å². The van der Waals surface area contributed by atoms with Gasteiger partial charge in [0.25, 0.3) is 0 Å². The number of methoxy groups -OCH3 is 1. The molecule has 0 amide bonds. The SMILES string of the molecule is COc1ccccc1Nc1nc(SC)nc(Cl)c1C#N. The van der Waals surface area contributed by atoms with Gasteiger partial charge in [-0.05, 0) is 18.4 Å². The first kappa shape index (κ1) is 14.4. The smallest absolute Gasteiger partial charge is 0.190 e. The number of anilines is 2. The number of benzene rings is 1. The minimum atomic E-state index is 0.129. The fourth-order valence-electron chi connectivity index (χ4n) is 1.57. The lowest BCUT2D eigenvalue weighted by molar-refractivity contribution is 0.417. The Morgan fingerprint density at radius 2 is 2.10 bits per heavy atom. The van der Waals surface area contributed by atoms with Crippen LogP contribution in [0.1, 0.15) is 5.56 Å². The van der Waals surface area contributed by atoms with Crippen molar-refractivity contribution in [1.82, 2.24) is 9.97 Å². The predicted molar refractivity (Wildman–Crippen MR) is 79.8 cm³/mol. The lowest BCUT2D eigenvalue weighted by atomic mass is 10.2. The third-order valence-electron chi connectivity index (χ3n) is 2.50. The van der Waals surface area contributed by atoms with E-state index in [1.54, 1.807) is 7.11 Å². The van der Waals surface area contributed by atoms with E-state index in [0.717, 1.165) is 0 Å². The highest BCUT2D eigenvalue weighted by atomic mass is 35.5. The molecule has 7 heteroatoms. The van der Waals surface area contributed by atoms with E-state index >= 15 is 0 Å². The first-order chi connectivity index (χ1) is 9.69. The molecular formula is C13H11ClN4OS. The van der Waals surface area contributed by atoms with E-state index in [9.17, 15) is 5.26 Å². The summed E-state index contributed by atoms with van der Waals surface area (Å²) >= 11 is 7.34. The molecule has 0 aliphatic heterocycles. The number of ether oxygens (including phenoxy) is 1. The Morgan fingerprint density at radius 3 is 2.75 bits per heavy atom. The number of nitriles is 1. The Hall–Kier alpha value is -1.97. The minimum Gasteiger partial charge on any atom is -0.495 e. The van der Waals surface area contributed by atoms with Crippen molar-refractivity contribution in [3.05, 3.63) is 35.0 Å². The Balaban J connectivity index is 2.47. The van der Waals surface area contributed by atoms with Crippen molar-refractivity contribution in [2.75, 3.05) is 18.7 Å². The molecule has 2 aromatic rings. The van der Waals surface area contributed by atoms with E-state index in [4.69, 9.17) is 16.3 Å². The van der Waals surface area contributed by atoms with Gasteiger partial charge in [0, 0.05) is 0 Å². The Bertz CT molecular complexity index is 672. The third kappa shape index (κ3) is 2.95. The molecule has 20 heavy (non-hydrogen) atoms. The van der Waals surface area contributed by atoms with Crippen LogP contribution < -0.4 is 10.1 Å². The molecule has 1 N–H and O–H groups in total. The summed E-state index contributed by atoms with van der Waals surface area (Å²) < 4.78 is 5.25. The van der Waals surface area contributed by atoms with Crippen LogP contribution in [0.5, 0.6) is 5.75 Å². The Kier molecular flexibility index (Phi) is 4.66. The van der Waals surface area contributed by atoms with Gasteiger partial charge in [-0.15, -0.1) is 0 Å². The predicted octanol–water partition coefficient (Wildman–Crippen LogP) is 3.48. The van der Waals surface area contributed by atoms with Crippen molar-refractivity contribution >= 4 is 34.9 Å². The van der Waals surface area contributed by atoms with Gasteiger partial charge in [-0.25, -0.2) is 9.97 Å². The zero-order valence-corrected chi connectivity index (χ0v) is 12.4. The van der Waals surface area contributed by atoms with Gasteiger partial charge in [0.15, 0.2) is 16.1 Å². The number of aromatic nitrogens is 2. The van der Waals surface area contributed by atoms with Crippen LogP contribution in [-0.4, -0.2) is 23.3 Å². The summed E-state index contributed by atoms with van der Waals surface area (Å²) in [7, 11) is 1.58. The number of hydrogen-bond donors (Lipinski definition) is 1. The standard InChI is InChI=1S/C13H11ClN4OS/c1-19-10-6-4-3-5-9(10)16-12-8(7-15)11(14)17-13(18-12)20-2/h3-6H,1-2H3,(H,16,17,18). The summed E-state index contributed by atoms with van der Waals surface area (Å²) in [6.45, 7) is 0. The molecule has 0 aliphatic carbocycles. The van der Waals surface area contributed by atoms with Crippen LogP contribution in [0.4, 0.5) is 11.5 Å². The molecule has 0 saturated heterocycles. The molecule has 5 nitrogen and oxygen atoms in total. The Morgan fingerprint density at radius 1 is 1.35 bits per heavy atom. The number of halogens is 1. The topological polar surface area (TPSA) is 70.8 Å². The summed E-state index contributed by atoms with van der Waals surface area (Å²) in [4.78, 5) is 8.30. The molecule has 0 aliphatic rings. The van der Waals surface area contributed by atoms with Crippen molar-refractivity contribution in [2.24, 2.45) is 0 Å². The van der Waals surface area contributed by atoms with Gasteiger partial charge in [0.05, 0.1) is 12.8 Å². The average molecular weight is 307 g/mol.